The van der Waals surface area contributed by atoms with E-state index in [0.29, 0.717) is 22.9 Å². The molecule has 110 valence electrons. The molecule has 3 nitrogen and oxygen atoms in total. The monoisotopic (exact) mass is 303 g/mol. The lowest BCUT2D eigenvalue weighted by molar-refractivity contribution is 0.457. The number of hydrogen-bond acceptors (Lipinski definition) is 3. The quantitative estimate of drug-likeness (QED) is 0.780. The first-order chi connectivity index (χ1) is 9.99. The van der Waals surface area contributed by atoms with Crippen molar-refractivity contribution < 1.29 is 4.39 Å². The average molecular weight is 303 g/mol. The third kappa shape index (κ3) is 2.31. The van der Waals surface area contributed by atoms with Gasteiger partial charge < -0.3 is 10.3 Å². The number of benzene rings is 1. The number of hydrogen-bond donors (Lipinski definition) is 1. The van der Waals surface area contributed by atoms with Gasteiger partial charge in [-0.25, -0.2) is 9.37 Å². The van der Waals surface area contributed by atoms with Crippen LogP contribution in [0.5, 0.6) is 0 Å². The Morgan fingerprint density at radius 1 is 1.33 bits per heavy atom. The zero-order valence-electron chi connectivity index (χ0n) is 12.3. The molecule has 1 unspecified atom stereocenters. The van der Waals surface area contributed by atoms with Crippen LogP contribution in [0, 0.1) is 18.7 Å². The van der Waals surface area contributed by atoms with Gasteiger partial charge in [0.15, 0.2) is 0 Å². The fourth-order valence-corrected chi connectivity index (χ4v) is 3.73. The predicted octanol–water partition coefficient (Wildman–Crippen LogP) is 4.37. The summed E-state index contributed by atoms with van der Waals surface area (Å²) in [6.07, 6.45) is 0. The van der Waals surface area contributed by atoms with Gasteiger partial charge in [-0.2, -0.15) is 0 Å². The summed E-state index contributed by atoms with van der Waals surface area (Å²) in [5.41, 5.74) is 8.24. The van der Waals surface area contributed by atoms with E-state index in [1.807, 2.05) is 16.7 Å². The molecule has 5 heteroatoms. The van der Waals surface area contributed by atoms with E-state index in [4.69, 9.17) is 5.73 Å². The minimum atomic E-state index is -0.246. The topological polar surface area (TPSA) is 43.8 Å². The maximum atomic E-state index is 13.7. The van der Waals surface area contributed by atoms with Crippen molar-refractivity contribution in [3.8, 4) is 0 Å². The van der Waals surface area contributed by atoms with E-state index in [1.54, 1.807) is 18.3 Å². The van der Waals surface area contributed by atoms with Crippen molar-refractivity contribution >= 4 is 28.3 Å². The molecule has 0 spiro atoms. The Morgan fingerprint density at radius 2 is 2.10 bits per heavy atom. The van der Waals surface area contributed by atoms with Gasteiger partial charge in [-0.1, -0.05) is 19.9 Å². The van der Waals surface area contributed by atoms with Crippen LogP contribution in [0.25, 0.3) is 11.0 Å². The highest BCUT2D eigenvalue weighted by Gasteiger charge is 2.24. The molecule has 0 radical (unpaired) electrons. The number of halogens is 1. The summed E-state index contributed by atoms with van der Waals surface area (Å²) in [7, 11) is 0. The van der Waals surface area contributed by atoms with Crippen LogP contribution >= 0.6 is 11.3 Å². The van der Waals surface area contributed by atoms with E-state index < -0.39 is 0 Å². The Bertz CT molecular complexity index is 775. The molecule has 1 aromatic carbocycles. The number of rotatable bonds is 3. The molecule has 0 aliphatic heterocycles. The van der Waals surface area contributed by atoms with E-state index >= 15 is 0 Å². The summed E-state index contributed by atoms with van der Waals surface area (Å²) < 4.78 is 15.8. The average Bonchev–Trinajstić information content (AvgIpc) is 3.01. The standard InChI is InChI=1S/C16H18FN3S/c1-9(2)15(14-5-4-6-21-14)20-13-7-10(3)11(17)8-12(13)19-16(20)18/h4-9,15H,1-3H3,(H2,18,19). The van der Waals surface area contributed by atoms with Crippen LogP contribution in [0.1, 0.15) is 30.3 Å². The Balaban J connectivity index is 2.27. The summed E-state index contributed by atoms with van der Waals surface area (Å²) in [6.45, 7) is 6.08. The molecule has 0 saturated heterocycles. The molecule has 2 N–H and O–H groups in total. The van der Waals surface area contributed by atoms with Crippen LogP contribution in [-0.4, -0.2) is 9.55 Å². The Kier molecular flexibility index (Phi) is 3.45. The number of aryl methyl sites for hydroxylation is 1. The van der Waals surface area contributed by atoms with Crippen molar-refractivity contribution in [1.82, 2.24) is 9.55 Å². The van der Waals surface area contributed by atoms with Gasteiger partial charge >= 0.3 is 0 Å². The molecule has 3 aromatic rings. The Hall–Kier alpha value is -1.88. The van der Waals surface area contributed by atoms with Gasteiger partial charge in [0.2, 0.25) is 5.95 Å². The second-order valence-electron chi connectivity index (χ2n) is 5.63. The first kappa shape index (κ1) is 14.1. The third-order valence-electron chi connectivity index (χ3n) is 3.74. The molecule has 21 heavy (non-hydrogen) atoms. The van der Waals surface area contributed by atoms with Crippen molar-refractivity contribution in [2.24, 2.45) is 5.92 Å². The summed E-state index contributed by atoms with van der Waals surface area (Å²) in [4.78, 5) is 5.57. The Labute approximate surface area is 127 Å². The maximum absolute atomic E-state index is 13.7. The van der Waals surface area contributed by atoms with Crippen LogP contribution < -0.4 is 5.73 Å². The van der Waals surface area contributed by atoms with Crippen molar-refractivity contribution in [3.05, 3.63) is 45.9 Å². The summed E-state index contributed by atoms with van der Waals surface area (Å²) in [5, 5.41) is 2.06. The molecule has 0 aliphatic carbocycles. The highest BCUT2D eigenvalue weighted by atomic mass is 32.1. The number of nitrogens with two attached hydrogens (primary N) is 1. The fourth-order valence-electron chi connectivity index (χ4n) is 2.74. The minimum absolute atomic E-state index is 0.111. The lowest BCUT2D eigenvalue weighted by Gasteiger charge is -2.23. The minimum Gasteiger partial charge on any atom is -0.369 e. The van der Waals surface area contributed by atoms with Crippen LogP contribution in [0.4, 0.5) is 10.3 Å². The van der Waals surface area contributed by atoms with Crippen molar-refractivity contribution in [2.45, 2.75) is 26.8 Å². The highest BCUT2D eigenvalue weighted by molar-refractivity contribution is 7.10. The number of imidazole rings is 1. The molecule has 2 heterocycles. The summed E-state index contributed by atoms with van der Waals surface area (Å²) >= 11 is 1.70. The lowest BCUT2D eigenvalue weighted by atomic mass is 10.0. The molecule has 3 rings (SSSR count). The predicted molar refractivity (Wildman–Crippen MR) is 86.1 cm³/mol. The van der Waals surface area contributed by atoms with E-state index in [2.05, 4.69) is 30.3 Å². The number of nitrogens with zero attached hydrogens (tertiary/aromatic N) is 2. The SMILES string of the molecule is Cc1cc2c(cc1F)nc(N)n2C(c1cccs1)C(C)C. The summed E-state index contributed by atoms with van der Waals surface area (Å²) in [5.74, 6) is 0.542. The number of aromatic nitrogens is 2. The van der Waals surface area contributed by atoms with Gasteiger partial charge in [0.05, 0.1) is 17.1 Å². The molecular formula is C16H18FN3S. The van der Waals surface area contributed by atoms with Gasteiger partial charge in [0.25, 0.3) is 0 Å². The molecule has 0 saturated carbocycles. The van der Waals surface area contributed by atoms with Crippen molar-refractivity contribution in [1.29, 1.82) is 0 Å². The third-order valence-corrected chi connectivity index (χ3v) is 4.68. The number of fused-ring (bicyclic) bond motifs is 1. The molecule has 0 aliphatic rings. The largest absolute Gasteiger partial charge is 0.369 e. The highest BCUT2D eigenvalue weighted by Crippen LogP contribution is 2.35. The second kappa shape index (κ2) is 5.15. The fraction of sp³-hybridized carbons (Fsp3) is 0.312. The number of anilines is 1. The zero-order valence-corrected chi connectivity index (χ0v) is 13.1. The second-order valence-corrected chi connectivity index (χ2v) is 6.61. The first-order valence-electron chi connectivity index (χ1n) is 6.96. The molecule has 0 bridgehead atoms. The van der Waals surface area contributed by atoms with Crippen LogP contribution in [-0.2, 0) is 0 Å². The molecule has 1 atom stereocenters. The van der Waals surface area contributed by atoms with Crippen LogP contribution in [0.3, 0.4) is 0 Å². The van der Waals surface area contributed by atoms with Crippen LogP contribution in [0.2, 0.25) is 0 Å². The number of nitrogen functional groups attached to an aromatic ring is 1. The molecule has 0 fully saturated rings. The van der Waals surface area contributed by atoms with Gasteiger partial charge in [0, 0.05) is 10.9 Å². The number of thiophene rings is 1. The van der Waals surface area contributed by atoms with Gasteiger partial charge in [-0.3, -0.25) is 0 Å². The van der Waals surface area contributed by atoms with E-state index in [0.717, 1.165) is 5.52 Å². The van der Waals surface area contributed by atoms with Crippen molar-refractivity contribution in [3.63, 3.8) is 0 Å². The zero-order chi connectivity index (χ0) is 15.1. The first-order valence-corrected chi connectivity index (χ1v) is 7.84. The van der Waals surface area contributed by atoms with E-state index in [9.17, 15) is 4.39 Å². The lowest BCUT2D eigenvalue weighted by Crippen LogP contribution is -2.17. The smallest absolute Gasteiger partial charge is 0.201 e. The Morgan fingerprint density at radius 3 is 2.71 bits per heavy atom. The van der Waals surface area contributed by atoms with Gasteiger partial charge in [-0.05, 0) is 35.9 Å². The maximum Gasteiger partial charge on any atom is 0.201 e. The molecular weight excluding hydrogens is 285 g/mol. The normalized spacial score (nSPS) is 13.2. The molecule has 2 aromatic heterocycles. The van der Waals surface area contributed by atoms with Crippen LogP contribution in [0.15, 0.2) is 29.6 Å². The summed E-state index contributed by atoms with van der Waals surface area (Å²) in [6, 6.07) is 7.55. The molecule has 0 amide bonds. The van der Waals surface area contributed by atoms with E-state index in [-0.39, 0.29) is 11.9 Å². The van der Waals surface area contributed by atoms with Crippen molar-refractivity contribution in [2.75, 3.05) is 5.73 Å². The van der Waals surface area contributed by atoms with Gasteiger partial charge in [-0.15, -0.1) is 11.3 Å². The van der Waals surface area contributed by atoms with E-state index in [1.165, 1.54) is 10.9 Å². The van der Waals surface area contributed by atoms with Gasteiger partial charge in [0.1, 0.15) is 5.82 Å².